The lowest BCUT2D eigenvalue weighted by Crippen LogP contribution is -2.09. The molecule has 0 saturated heterocycles. The monoisotopic (exact) mass is 138 g/mol. The van der Waals surface area contributed by atoms with Crippen molar-refractivity contribution in [2.45, 2.75) is 6.42 Å². The standard InChI is InChI=1S/C8H12NO/c1-9(2)8-4-3-7(5-8)6-10/h3-4H,5-6H2,1-2H3. The van der Waals surface area contributed by atoms with Crippen LogP contribution in [-0.2, 0) is 5.11 Å². The van der Waals surface area contributed by atoms with Crippen molar-refractivity contribution in [3.05, 3.63) is 23.4 Å². The molecule has 10 heavy (non-hydrogen) atoms. The van der Waals surface area contributed by atoms with E-state index in [2.05, 4.69) is 0 Å². The SMILES string of the molecule is CN(C)C1=CC=C(C[O])C1. The highest BCUT2D eigenvalue weighted by Crippen LogP contribution is 2.19. The van der Waals surface area contributed by atoms with E-state index in [0.717, 1.165) is 12.0 Å². The second kappa shape index (κ2) is 2.88. The summed E-state index contributed by atoms with van der Waals surface area (Å²) in [5.41, 5.74) is 2.22. The highest BCUT2D eigenvalue weighted by molar-refractivity contribution is 5.29. The van der Waals surface area contributed by atoms with Gasteiger partial charge in [0.2, 0.25) is 0 Å². The smallest absolute Gasteiger partial charge is 0.104 e. The predicted molar refractivity (Wildman–Crippen MR) is 40.0 cm³/mol. The molecule has 0 aromatic heterocycles. The topological polar surface area (TPSA) is 23.1 Å². The van der Waals surface area contributed by atoms with Gasteiger partial charge in [0.05, 0.1) is 0 Å². The molecular formula is C8H12NO. The highest BCUT2D eigenvalue weighted by Gasteiger charge is 2.08. The Balaban J connectivity index is 2.48. The van der Waals surface area contributed by atoms with Crippen LogP contribution in [0.25, 0.3) is 0 Å². The van der Waals surface area contributed by atoms with Gasteiger partial charge in [0.15, 0.2) is 0 Å². The van der Waals surface area contributed by atoms with Crippen LogP contribution >= 0.6 is 0 Å². The molecule has 1 aliphatic rings. The van der Waals surface area contributed by atoms with Crippen LogP contribution < -0.4 is 0 Å². The fraction of sp³-hybridized carbons (Fsp3) is 0.500. The Hall–Kier alpha value is -0.760. The average molecular weight is 138 g/mol. The van der Waals surface area contributed by atoms with Crippen molar-refractivity contribution in [3.63, 3.8) is 0 Å². The van der Waals surface area contributed by atoms with Gasteiger partial charge in [0.1, 0.15) is 6.61 Å². The normalized spacial score (nSPS) is 16.7. The fourth-order valence-corrected chi connectivity index (χ4v) is 0.971. The molecule has 0 spiro atoms. The molecule has 0 aromatic carbocycles. The quantitative estimate of drug-likeness (QED) is 0.562. The minimum atomic E-state index is -0.0617. The molecule has 0 bridgehead atoms. The Labute approximate surface area is 61.5 Å². The van der Waals surface area contributed by atoms with E-state index in [1.807, 2.05) is 31.1 Å². The maximum absolute atomic E-state index is 10.4. The van der Waals surface area contributed by atoms with Crippen LogP contribution in [0.4, 0.5) is 0 Å². The lowest BCUT2D eigenvalue weighted by Gasteiger charge is -2.13. The summed E-state index contributed by atoms with van der Waals surface area (Å²) in [6.45, 7) is -0.0617. The Morgan fingerprint density at radius 2 is 2.20 bits per heavy atom. The van der Waals surface area contributed by atoms with Gasteiger partial charge in [-0.2, -0.15) is 0 Å². The molecule has 1 rings (SSSR count). The largest absolute Gasteiger partial charge is 0.381 e. The first-order valence-electron chi connectivity index (χ1n) is 3.38. The Morgan fingerprint density at radius 1 is 1.50 bits per heavy atom. The van der Waals surface area contributed by atoms with Crippen molar-refractivity contribution < 1.29 is 5.11 Å². The second-order valence-electron chi connectivity index (χ2n) is 2.70. The maximum atomic E-state index is 10.4. The van der Waals surface area contributed by atoms with E-state index in [9.17, 15) is 5.11 Å². The first kappa shape index (κ1) is 7.35. The molecule has 0 unspecified atom stereocenters. The van der Waals surface area contributed by atoms with E-state index >= 15 is 0 Å². The lowest BCUT2D eigenvalue weighted by molar-refractivity contribution is 0.221. The van der Waals surface area contributed by atoms with Gasteiger partial charge in [-0.05, 0) is 11.6 Å². The molecule has 0 saturated carbocycles. The van der Waals surface area contributed by atoms with E-state index in [4.69, 9.17) is 0 Å². The van der Waals surface area contributed by atoms with Gasteiger partial charge < -0.3 is 4.90 Å². The van der Waals surface area contributed by atoms with Gasteiger partial charge in [-0.3, -0.25) is 0 Å². The van der Waals surface area contributed by atoms with Gasteiger partial charge in [0.25, 0.3) is 0 Å². The summed E-state index contributed by atoms with van der Waals surface area (Å²) >= 11 is 0. The van der Waals surface area contributed by atoms with Crippen molar-refractivity contribution in [1.82, 2.24) is 4.90 Å². The number of allylic oxidation sites excluding steroid dienone is 3. The van der Waals surface area contributed by atoms with Crippen LogP contribution in [0.15, 0.2) is 23.4 Å². The fourth-order valence-electron chi connectivity index (χ4n) is 0.971. The molecule has 2 heteroatoms. The van der Waals surface area contributed by atoms with Crippen molar-refractivity contribution >= 4 is 0 Å². The Bertz CT molecular complexity index is 180. The summed E-state index contributed by atoms with van der Waals surface area (Å²) in [7, 11) is 3.99. The average Bonchev–Trinajstić information content (AvgIpc) is 2.34. The summed E-state index contributed by atoms with van der Waals surface area (Å²) in [4.78, 5) is 2.04. The van der Waals surface area contributed by atoms with Crippen molar-refractivity contribution in [3.8, 4) is 0 Å². The minimum absolute atomic E-state index is 0.0617. The highest BCUT2D eigenvalue weighted by atomic mass is 16.3. The van der Waals surface area contributed by atoms with Gasteiger partial charge in [-0.1, -0.05) is 6.08 Å². The second-order valence-corrected chi connectivity index (χ2v) is 2.70. The summed E-state index contributed by atoms with van der Waals surface area (Å²) < 4.78 is 0. The molecule has 2 nitrogen and oxygen atoms in total. The van der Waals surface area contributed by atoms with Crippen LogP contribution in [0.1, 0.15) is 6.42 Å². The molecule has 0 fully saturated rings. The van der Waals surface area contributed by atoms with Gasteiger partial charge in [0, 0.05) is 26.2 Å². The minimum Gasteiger partial charge on any atom is -0.381 e. The van der Waals surface area contributed by atoms with E-state index in [0.29, 0.717) is 0 Å². The predicted octanol–water partition coefficient (Wildman–Crippen LogP) is 1.19. The molecule has 0 N–H and O–H groups in total. The van der Waals surface area contributed by atoms with Crippen LogP contribution in [0, 0.1) is 0 Å². The molecular weight excluding hydrogens is 126 g/mol. The van der Waals surface area contributed by atoms with Crippen molar-refractivity contribution in [2.75, 3.05) is 20.7 Å². The van der Waals surface area contributed by atoms with E-state index in [-0.39, 0.29) is 6.61 Å². The van der Waals surface area contributed by atoms with E-state index < -0.39 is 0 Å². The number of nitrogens with zero attached hydrogens (tertiary/aromatic N) is 1. The third-order valence-corrected chi connectivity index (χ3v) is 1.68. The van der Waals surface area contributed by atoms with Crippen LogP contribution in [0.5, 0.6) is 0 Å². The molecule has 0 aromatic rings. The van der Waals surface area contributed by atoms with Crippen molar-refractivity contribution in [1.29, 1.82) is 0 Å². The third kappa shape index (κ3) is 1.39. The molecule has 0 heterocycles. The van der Waals surface area contributed by atoms with Gasteiger partial charge in [-0.25, -0.2) is 5.11 Å². The van der Waals surface area contributed by atoms with E-state index in [1.54, 1.807) is 0 Å². The zero-order valence-electron chi connectivity index (χ0n) is 6.42. The molecule has 1 aliphatic carbocycles. The van der Waals surface area contributed by atoms with E-state index in [1.165, 1.54) is 5.70 Å². The maximum Gasteiger partial charge on any atom is 0.104 e. The number of hydrogen-bond acceptors (Lipinski definition) is 1. The zero-order valence-corrected chi connectivity index (χ0v) is 6.42. The van der Waals surface area contributed by atoms with Crippen molar-refractivity contribution in [2.24, 2.45) is 0 Å². The first-order chi connectivity index (χ1) is 4.74. The van der Waals surface area contributed by atoms with Gasteiger partial charge >= 0.3 is 0 Å². The zero-order chi connectivity index (χ0) is 7.56. The number of hydrogen-bond donors (Lipinski definition) is 0. The summed E-state index contributed by atoms with van der Waals surface area (Å²) in [6, 6.07) is 0. The molecule has 0 aliphatic heterocycles. The first-order valence-corrected chi connectivity index (χ1v) is 3.38. The number of rotatable bonds is 2. The van der Waals surface area contributed by atoms with Crippen LogP contribution in [-0.4, -0.2) is 25.6 Å². The van der Waals surface area contributed by atoms with Gasteiger partial charge in [-0.15, -0.1) is 0 Å². The Morgan fingerprint density at radius 3 is 2.50 bits per heavy atom. The molecule has 55 valence electrons. The van der Waals surface area contributed by atoms with Crippen LogP contribution in [0.3, 0.4) is 0 Å². The van der Waals surface area contributed by atoms with Crippen LogP contribution in [0.2, 0.25) is 0 Å². The lowest BCUT2D eigenvalue weighted by atomic mass is 10.2. The molecule has 0 amide bonds. The Kier molecular flexibility index (Phi) is 2.12. The molecule has 0 atom stereocenters. The molecule has 1 radical (unpaired) electrons. The summed E-state index contributed by atoms with van der Waals surface area (Å²) in [5.74, 6) is 0. The summed E-state index contributed by atoms with van der Waals surface area (Å²) in [6.07, 6.45) is 4.77. The third-order valence-electron chi connectivity index (χ3n) is 1.68. The summed E-state index contributed by atoms with van der Waals surface area (Å²) in [5, 5.41) is 10.4.